The molecule has 10 heteroatoms. The van der Waals surface area contributed by atoms with Gasteiger partial charge in [0.2, 0.25) is 0 Å². The molecule has 0 saturated carbocycles. The molecule has 0 aromatic heterocycles. The Labute approximate surface area is 240 Å². The van der Waals surface area contributed by atoms with Crippen LogP contribution in [0.25, 0.3) is 0 Å². The van der Waals surface area contributed by atoms with E-state index in [1.54, 1.807) is 23.1 Å². The molecule has 0 spiro atoms. The van der Waals surface area contributed by atoms with Crippen molar-refractivity contribution in [1.82, 2.24) is 10.2 Å². The first-order chi connectivity index (χ1) is 19.9. The molecule has 1 N–H and O–H groups in total. The number of urea groups is 1. The van der Waals surface area contributed by atoms with Gasteiger partial charge in [-0.25, -0.2) is 18.0 Å². The quantitative estimate of drug-likeness (QED) is 0.434. The predicted octanol–water partition coefficient (Wildman–Crippen LogP) is 5.77. The van der Waals surface area contributed by atoms with Crippen molar-refractivity contribution >= 4 is 17.4 Å². The normalized spacial score (nSPS) is 20.3. The highest BCUT2D eigenvalue weighted by molar-refractivity contribution is 5.92. The molecule has 3 aliphatic rings. The molecule has 2 amide bonds. The van der Waals surface area contributed by atoms with Crippen LogP contribution in [0.3, 0.4) is 0 Å². The zero-order valence-corrected chi connectivity index (χ0v) is 23.7. The van der Waals surface area contributed by atoms with Crippen LogP contribution < -0.4 is 15.1 Å². The Balaban J connectivity index is 1.25. The molecule has 0 aliphatic carbocycles. The van der Waals surface area contributed by atoms with E-state index in [1.165, 1.54) is 18.2 Å². The van der Waals surface area contributed by atoms with Gasteiger partial charge in [0.1, 0.15) is 5.82 Å². The Kier molecular flexibility index (Phi) is 10.1. The smallest absolute Gasteiger partial charge is 0.322 e. The molecule has 41 heavy (non-hydrogen) atoms. The van der Waals surface area contributed by atoms with E-state index < -0.39 is 6.43 Å². The van der Waals surface area contributed by atoms with Crippen molar-refractivity contribution in [3.63, 3.8) is 0 Å². The number of nitrogens with zero attached hydrogens (tertiary/aromatic N) is 3. The van der Waals surface area contributed by atoms with Gasteiger partial charge >= 0.3 is 6.03 Å². The van der Waals surface area contributed by atoms with Crippen LogP contribution in [0.5, 0.6) is 0 Å². The lowest BCUT2D eigenvalue weighted by molar-refractivity contribution is 0.0802. The monoisotopic (exact) mass is 574 g/mol. The molecule has 5 rings (SSSR count). The third-order valence-corrected chi connectivity index (χ3v) is 8.70. The van der Waals surface area contributed by atoms with Crippen molar-refractivity contribution in [2.45, 2.75) is 51.1 Å². The summed E-state index contributed by atoms with van der Waals surface area (Å²) in [5.74, 6) is -0.0862. The predicted molar refractivity (Wildman–Crippen MR) is 153 cm³/mol. The number of amides is 2. The highest BCUT2D eigenvalue weighted by atomic mass is 19.3. The molecule has 1 unspecified atom stereocenters. The van der Waals surface area contributed by atoms with E-state index in [-0.39, 0.29) is 35.4 Å². The average molecular weight is 575 g/mol. The summed E-state index contributed by atoms with van der Waals surface area (Å²) >= 11 is 0. The van der Waals surface area contributed by atoms with E-state index in [2.05, 4.69) is 17.1 Å². The number of rotatable bonds is 8. The summed E-state index contributed by atoms with van der Waals surface area (Å²) in [5.41, 5.74) is 2.14. The number of hydrogen-bond donors (Lipinski definition) is 1. The fourth-order valence-corrected chi connectivity index (χ4v) is 6.04. The van der Waals surface area contributed by atoms with Crippen LogP contribution in [-0.2, 0) is 9.47 Å². The maximum atomic E-state index is 15.4. The summed E-state index contributed by atoms with van der Waals surface area (Å²) in [6, 6.07) is 11.6. The van der Waals surface area contributed by atoms with Gasteiger partial charge in [0.15, 0.2) is 0 Å². The fraction of sp³-hybridized carbons (Fsp3) is 0.581. The van der Waals surface area contributed by atoms with Crippen LogP contribution >= 0.6 is 0 Å². The lowest BCUT2D eigenvalue weighted by Gasteiger charge is -2.38. The zero-order chi connectivity index (χ0) is 28.8. The minimum Gasteiger partial charge on any atom is -0.381 e. The first-order valence-corrected chi connectivity index (χ1v) is 14.8. The number of anilines is 2. The van der Waals surface area contributed by atoms with Crippen molar-refractivity contribution in [3.05, 3.63) is 59.4 Å². The van der Waals surface area contributed by atoms with Crippen molar-refractivity contribution in [1.29, 1.82) is 0 Å². The Morgan fingerprint density at radius 1 is 0.927 bits per heavy atom. The summed E-state index contributed by atoms with van der Waals surface area (Å²) in [6.07, 6.45) is 0.825. The number of alkyl halides is 2. The Morgan fingerprint density at radius 2 is 1.56 bits per heavy atom. The minimum atomic E-state index is -2.47. The standard InChI is InChI=1S/C31H41F3N4O3/c1-22(24-2-4-25(5-3-24)30(33)34)36-12-8-23(9-13-36)21-38(31(39)35-26-10-16-40-17-11-26)27-6-7-29(28(32)20-27)37-14-18-41-19-15-37/h2-7,20,22-23,26,30H,8-19,21H2,1H3,(H,35,39). The summed E-state index contributed by atoms with van der Waals surface area (Å²) in [4.78, 5) is 19.6. The number of likely N-dealkylation sites (tertiary alicyclic amines) is 1. The number of halogens is 3. The largest absolute Gasteiger partial charge is 0.381 e. The zero-order valence-electron chi connectivity index (χ0n) is 23.7. The molecule has 3 aliphatic heterocycles. The fourth-order valence-electron chi connectivity index (χ4n) is 6.04. The molecule has 1 atom stereocenters. The first-order valence-electron chi connectivity index (χ1n) is 14.8. The molecule has 7 nitrogen and oxygen atoms in total. The molecule has 2 aromatic carbocycles. The van der Waals surface area contributed by atoms with Gasteiger partial charge in [0.25, 0.3) is 6.43 Å². The van der Waals surface area contributed by atoms with E-state index in [9.17, 15) is 13.6 Å². The van der Waals surface area contributed by atoms with Crippen LogP contribution in [0, 0.1) is 11.7 Å². The van der Waals surface area contributed by atoms with Gasteiger partial charge in [-0.2, -0.15) is 0 Å². The third-order valence-electron chi connectivity index (χ3n) is 8.70. The molecule has 2 aromatic rings. The molecular weight excluding hydrogens is 533 g/mol. The summed E-state index contributed by atoms with van der Waals surface area (Å²) in [6.45, 7) is 7.92. The Bertz CT molecular complexity index is 1130. The number of ether oxygens (including phenoxy) is 2. The summed E-state index contributed by atoms with van der Waals surface area (Å²) in [5, 5.41) is 3.16. The van der Waals surface area contributed by atoms with Gasteiger partial charge in [0, 0.05) is 56.2 Å². The van der Waals surface area contributed by atoms with Crippen molar-refractivity contribution in [3.8, 4) is 0 Å². The molecular formula is C31H41F3N4O3. The van der Waals surface area contributed by atoms with Crippen LogP contribution in [0.1, 0.15) is 56.2 Å². The Hall–Kier alpha value is -2.82. The second-order valence-electron chi connectivity index (χ2n) is 11.3. The van der Waals surface area contributed by atoms with E-state index in [0.717, 1.165) is 44.3 Å². The van der Waals surface area contributed by atoms with Crippen LogP contribution in [-0.4, -0.2) is 76.1 Å². The lowest BCUT2D eigenvalue weighted by Crippen LogP contribution is -2.49. The average Bonchev–Trinajstić information content (AvgIpc) is 3.00. The van der Waals surface area contributed by atoms with Crippen LogP contribution in [0.15, 0.2) is 42.5 Å². The number of nitrogens with one attached hydrogen (secondary N) is 1. The number of carbonyl (C=O) groups excluding carboxylic acids is 1. The SMILES string of the molecule is CC(c1ccc(C(F)F)cc1)N1CCC(CN(C(=O)NC2CCOCC2)c2ccc(N3CCOCC3)c(F)c2)CC1. The van der Waals surface area contributed by atoms with E-state index in [0.29, 0.717) is 57.4 Å². The number of hydrogen-bond acceptors (Lipinski definition) is 5. The summed E-state index contributed by atoms with van der Waals surface area (Å²) < 4.78 is 52.1. The number of morpholine rings is 1. The van der Waals surface area contributed by atoms with Gasteiger partial charge < -0.3 is 19.7 Å². The highest BCUT2D eigenvalue weighted by Crippen LogP contribution is 2.31. The molecule has 0 bridgehead atoms. The maximum Gasteiger partial charge on any atom is 0.322 e. The number of benzene rings is 2. The first kappa shape index (κ1) is 29.7. The second kappa shape index (κ2) is 13.9. The van der Waals surface area contributed by atoms with Gasteiger partial charge in [-0.05, 0) is 75.4 Å². The minimum absolute atomic E-state index is 0.0354. The van der Waals surface area contributed by atoms with Crippen LogP contribution in [0.4, 0.5) is 29.3 Å². The number of piperidine rings is 1. The topological polar surface area (TPSA) is 57.3 Å². The van der Waals surface area contributed by atoms with E-state index in [1.807, 2.05) is 11.0 Å². The molecule has 3 fully saturated rings. The molecule has 3 heterocycles. The van der Waals surface area contributed by atoms with Gasteiger partial charge in [-0.1, -0.05) is 24.3 Å². The second-order valence-corrected chi connectivity index (χ2v) is 11.3. The van der Waals surface area contributed by atoms with Crippen LogP contribution in [0.2, 0.25) is 0 Å². The van der Waals surface area contributed by atoms with Crippen molar-refractivity contribution in [2.75, 3.05) is 69.0 Å². The Morgan fingerprint density at radius 3 is 2.20 bits per heavy atom. The van der Waals surface area contributed by atoms with E-state index >= 15 is 4.39 Å². The van der Waals surface area contributed by atoms with E-state index in [4.69, 9.17) is 9.47 Å². The van der Waals surface area contributed by atoms with Gasteiger partial charge in [-0.3, -0.25) is 9.80 Å². The van der Waals surface area contributed by atoms with Gasteiger partial charge in [0.05, 0.1) is 18.9 Å². The summed E-state index contributed by atoms with van der Waals surface area (Å²) in [7, 11) is 0. The molecule has 3 saturated heterocycles. The third kappa shape index (κ3) is 7.53. The maximum absolute atomic E-state index is 15.4. The van der Waals surface area contributed by atoms with Gasteiger partial charge in [-0.15, -0.1) is 0 Å². The lowest BCUT2D eigenvalue weighted by atomic mass is 9.93. The molecule has 0 radical (unpaired) electrons. The number of carbonyl (C=O) groups is 1. The van der Waals surface area contributed by atoms with Crippen molar-refractivity contribution < 1.29 is 27.4 Å². The van der Waals surface area contributed by atoms with Crippen molar-refractivity contribution in [2.24, 2.45) is 5.92 Å². The highest BCUT2D eigenvalue weighted by Gasteiger charge is 2.29. The molecule has 224 valence electrons.